The van der Waals surface area contributed by atoms with Crippen LogP contribution in [0.5, 0.6) is 0 Å². The summed E-state index contributed by atoms with van der Waals surface area (Å²) >= 11 is 0. The molecule has 1 atom stereocenters. The first kappa shape index (κ1) is 23.0. The summed E-state index contributed by atoms with van der Waals surface area (Å²) < 4.78 is 0. The highest BCUT2D eigenvalue weighted by atomic mass is 16.6. The molecule has 1 aromatic heterocycles. The van der Waals surface area contributed by atoms with E-state index in [0.717, 1.165) is 50.3 Å². The quantitative estimate of drug-likeness (QED) is 0.441. The maximum Gasteiger partial charge on any atom is 0.272 e. The van der Waals surface area contributed by atoms with Crippen LogP contribution in [-0.2, 0) is 0 Å². The second-order valence-corrected chi connectivity index (χ2v) is 10.7. The number of aromatic nitrogens is 2. The summed E-state index contributed by atoms with van der Waals surface area (Å²) in [5.41, 5.74) is 2.72. The summed E-state index contributed by atoms with van der Waals surface area (Å²) in [6, 6.07) is 13.7. The Labute approximate surface area is 209 Å². The molecule has 9 nitrogen and oxygen atoms in total. The lowest BCUT2D eigenvalue weighted by atomic mass is 9.76. The maximum atomic E-state index is 12.0. The van der Waals surface area contributed by atoms with E-state index in [-0.39, 0.29) is 16.2 Å². The third kappa shape index (κ3) is 4.32. The van der Waals surface area contributed by atoms with Crippen molar-refractivity contribution in [2.75, 3.05) is 49.1 Å². The summed E-state index contributed by atoms with van der Waals surface area (Å²) in [6.45, 7) is 6.15. The molecule has 1 spiro atoms. The van der Waals surface area contributed by atoms with Crippen LogP contribution in [-0.4, -0.2) is 65.3 Å². The van der Waals surface area contributed by atoms with Gasteiger partial charge >= 0.3 is 0 Å². The number of piperazine rings is 1. The standard InChI is InChI=1S/C27H32N6O3/c34-26-25-6-5-23(17-20(25)19-28-29-26)30-11-9-27(10-12-30)8-7-24(18-27)32-15-13-31(14-16-32)21-1-3-22(4-2-21)33(35)36/h1-6,17,19,24H,7-16,18H2,(H,29,34). The van der Waals surface area contributed by atoms with Gasteiger partial charge in [0.1, 0.15) is 0 Å². The molecule has 9 heteroatoms. The largest absolute Gasteiger partial charge is 0.371 e. The lowest BCUT2D eigenvalue weighted by Crippen LogP contribution is -2.50. The second-order valence-electron chi connectivity index (χ2n) is 10.7. The summed E-state index contributed by atoms with van der Waals surface area (Å²) in [6.07, 6.45) is 8.05. The fourth-order valence-electron chi connectivity index (χ4n) is 6.59. The molecule has 2 saturated heterocycles. The third-order valence-corrected chi connectivity index (χ3v) is 8.77. The topological polar surface area (TPSA) is 98.6 Å². The molecule has 6 rings (SSSR count). The van der Waals surface area contributed by atoms with Crippen molar-refractivity contribution in [1.29, 1.82) is 0 Å². The number of benzene rings is 2. The van der Waals surface area contributed by atoms with Gasteiger partial charge in [0.25, 0.3) is 11.2 Å². The summed E-state index contributed by atoms with van der Waals surface area (Å²) in [4.78, 5) is 30.0. The number of rotatable bonds is 4. The molecular formula is C27H32N6O3. The molecule has 0 radical (unpaired) electrons. The molecule has 1 aliphatic carbocycles. The van der Waals surface area contributed by atoms with Gasteiger partial charge in [-0.05, 0) is 67.9 Å². The first-order valence-corrected chi connectivity index (χ1v) is 13.0. The van der Waals surface area contributed by atoms with E-state index in [1.54, 1.807) is 18.3 Å². The van der Waals surface area contributed by atoms with Crippen molar-refractivity contribution < 1.29 is 4.92 Å². The number of nitrogens with zero attached hydrogens (tertiary/aromatic N) is 5. The second kappa shape index (κ2) is 9.20. The van der Waals surface area contributed by atoms with Crippen molar-refractivity contribution in [3.8, 4) is 0 Å². The predicted molar refractivity (Wildman–Crippen MR) is 141 cm³/mol. The first-order chi connectivity index (χ1) is 17.5. The van der Waals surface area contributed by atoms with Crippen LogP contribution in [0.4, 0.5) is 17.1 Å². The number of piperidine rings is 1. The lowest BCUT2D eigenvalue weighted by Gasteiger charge is -2.42. The van der Waals surface area contributed by atoms with Gasteiger partial charge in [-0.3, -0.25) is 19.8 Å². The Morgan fingerprint density at radius 3 is 2.33 bits per heavy atom. The first-order valence-electron chi connectivity index (χ1n) is 13.0. The Bertz CT molecular complexity index is 1310. The lowest BCUT2D eigenvalue weighted by molar-refractivity contribution is -0.384. The zero-order valence-corrected chi connectivity index (χ0v) is 20.4. The predicted octanol–water partition coefficient (Wildman–Crippen LogP) is 3.79. The van der Waals surface area contributed by atoms with E-state index in [1.165, 1.54) is 37.8 Å². The molecule has 0 amide bonds. The van der Waals surface area contributed by atoms with Crippen LogP contribution in [0.1, 0.15) is 32.1 Å². The number of fused-ring (bicyclic) bond motifs is 1. The molecule has 36 heavy (non-hydrogen) atoms. The number of aromatic amines is 1. The van der Waals surface area contributed by atoms with Gasteiger partial charge in [0, 0.05) is 74.2 Å². The van der Waals surface area contributed by atoms with Crippen LogP contribution in [0.25, 0.3) is 10.8 Å². The third-order valence-electron chi connectivity index (χ3n) is 8.77. The van der Waals surface area contributed by atoms with E-state index in [1.807, 2.05) is 18.2 Å². The van der Waals surface area contributed by atoms with Gasteiger partial charge in [0.05, 0.1) is 16.5 Å². The summed E-state index contributed by atoms with van der Waals surface area (Å²) in [5.74, 6) is 0. The fourth-order valence-corrected chi connectivity index (χ4v) is 6.59. The van der Waals surface area contributed by atoms with Gasteiger partial charge < -0.3 is 9.80 Å². The molecule has 0 bridgehead atoms. The molecule has 3 aliphatic rings. The molecule has 3 heterocycles. The van der Waals surface area contributed by atoms with Crippen molar-refractivity contribution >= 4 is 27.8 Å². The van der Waals surface area contributed by atoms with Crippen LogP contribution < -0.4 is 15.4 Å². The Kier molecular flexibility index (Phi) is 5.87. The van der Waals surface area contributed by atoms with E-state index in [0.29, 0.717) is 16.8 Å². The normalized spacial score (nSPS) is 22.4. The van der Waals surface area contributed by atoms with Crippen molar-refractivity contribution in [3.63, 3.8) is 0 Å². The molecule has 3 aromatic rings. The fraction of sp³-hybridized carbons (Fsp3) is 0.481. The molecule has 1 unspecified atom stereocenters. The highest BCUT2D eigenvalue weighted by Gasteiger charge is 2.43. The number of nitro groups is 1. The van der Waals surface area contributed by atoms with Crippen LogP contribution in [0.3, 0.4) is 0 Å². The van der Waals surface area contributed by atoms with E-state index in [2.05, 4.69) is 37.0 Å². The van der Waals surface area contributed by atoms with E-state index >= 15 is 0 Å². The molecule has 1 saturated carbocycles. The van der Waals surface area contributed by atoms with Crippen molar-refractivity contribution in [1.82, 2.24) is 15.1 Å². The number of hydrogen-bond acceptors (Lipinski definition) is 7. The van der Waals surface area contributed by atoms with Gasteiger partial charge in [-0.15, -0.1) is 0 Å². The van der Waals surface area contributed by atoms with Crippen LogP contribution in [0.15, 0.2) is 53.5 Å². The van der Waals surface area contributed by atoms with Gasteiger partial charge in [0.15, 0.2) is 0 Å². The zero-order chi connectivity index (χ0) is 24.7. The van der Waals surface area contributed by atoms with E-state index in [9.17, 15) is 14.9 Å². The van der Waals surface area contributed by atoms with E-state index < -0.39 is 0 Å². The van der Waals surface area contributed by atoms with Crippen LogP contribution in [0.2, 0.25) is 0 Å². The molecule has 188 valence electrons. The zero-order valence-electron chi connectivity index (χ0n) is 20.4. The number of hydrogen-bond donors (Lipinski definition) is 1. The summed E-state index contributed by atoms with van der Waals surface area (Å²) in [7, 11) is 0. The molecule has 2 aliphatic heterocycles. The minimum absolute atomic E-state index is 0.137. The number of nitrogens with one attached hydrogen (secondary N) is 1. The van der Waals surface area contributed by atoms with Crippen molar-refractivity contribution in [3.05, 3.63) is 69.1 Å². The van der Waals surface area contributed by atoms with Gasteiger partial charge in [0.2, 0.25) is 0 Å². The molecule has 3 fully saturated rings. The van der Waals surface area contributed by atoms with Gasteiger partial charge in [-0.2, -0.15) is 5.10 Å². The Morgan fingerprint density at radius 1 is 0.917 bits per heavy atom. The smallest absolute Gasteiger partial charge is 0.272 e. The molecular weight excluding hydrogens is 456 g/mol. The maximum absolute atomic E-state index is 12.0. The molecule has 2 aromatic carbocycles. The number of anilines is 2. The SMILES string of the molecule is O=c1[nH]ncc2cc(N3CCC4(CCC(N5CCN(c6ccc([N+](=O)[O-])cc6)CC5)C4)CC3)ccc12. The highest BCUT2D eigenvalue weighted by molar-refractivity contribution is 5.84. The van der Waals surface area contributed by atoms with Gasteiger partial charge in [-0.1, -0.05) is 0 Å². The highest BCUT2D eigenvalue weighted by Crippen LogP contribution is 2.48. The number of nitro benzene ring substituents is 1. The average Bonchev–Trinajstić information content (AvgIpc) is 3.32. The Morgan fingerprint density at radius 2 is 1.61 bits per heavy atom. The monoisotopic (exact) mass is 488 g/mol. The number of H-pyrrole nitrogens is 1. The average molecular weight is 489 g/mol. The van der Waals surface area contributed by atoms with Crippen LogP contribution in [0, 0.1) is 15.5 Å². The van der Waals surface area contributed by atoms with Crippen molar-refractivity contribution in [2.24, 2.45) is 5.41 Å². The molecule has 1 N–H and O–H groups in total. The Balaban J connectivity index is 1.03. The number of non-ortho nitro benzene ring substituents is 1. The minimum Gasteiger partial charge on any atom is -0.371 e. The van der Waals surface area contributed by atoms with Gasteiger partial charge in [-0.25, -0.2) is 5.10 Å². The Hall–Kier alpha value is -3.46. The van der Waals surface area contributed by atoms with Crippen LogP contribution >= 0.6 is 0 Å². The van der Waals surface area contributed by atoms with E-state index in [4.69, 9.17) is 0 Å². The van der Waals surface area contributed by atoms with Crippen molar-refractivity contribution in [2.45, 2.75) is 38.1 Å². The summed E-state index contributed by atoms with van der Waals surface area (Å²) in [5, 5.41) is 19.0. The minimum atomic E-state index is -0.344.